The minimum Gasteiger partial charge on any atom is -0.493 e. The molecule has 2 heterocycles. The quantitative estimate of drug-likeness (QED) is 0.278. The molecule has 1 saturated carbocycles. The van der Waals surface area contributed by atoms with Crippen LogP contribution >= 0.6 is 0 Å². The van der Waals surface area contributed by atoms with E-state index in [0.717, 1.165) is 31.2 Å². The van der Waals surface area contributed by atoms with E-state index in [1.165, 1.54) is 18.3 Å². The maximum atomic E-state index is 12.9. The summed E-state index contributed by atoms with van der Waals surface area (Å²) in [5.41, 5.74) is 2.32. The number of alkyl halides is 2. The van der Waals surface area contributed by atoms with Gasteiger partial charge in [-0.2, -0.15) is 14.0 Å². The summed E-state index contributed by atoms with van der Waals surface area (Å²) in [6.07, 6.45) is 9.57. The molecule has 5 rings (SSSR count). The van der Waals surface area contributed by atoms with Crippen molar-refractivity contribution in [2.45, 2.75) is 38.4 Å². The van der Waals surface area contributed by atoms with Gasteiger partial charge in [0, 0.05) is 17.8 Å². The van der Waals surface area contributed by atoms with E-state index in [1.54, 1.807) is 29.9 Å². The van der Waals surface area contributed by atoms with Gasteiger partial charge in [-0.1, -0.05) is 12.1 Å². The number of aromatic nitrogens is 3. The van der Waals surface area contributed by atoms with Crippen LogP contribution in [0.15, 0.2) is 54.7 Å². The number of hydrogen-bond donors (Lipinski definition) is 0. The SMILES string of the molecule is COc1cccc(C=Cc2nc3ccc(OC(F)F)cc3n2-c2ccc(C#N)cn2)c1OC1CCCC1. The smallest absolute Gasteiger partial charge is 0.387 e. The first-order valence-corrected chi connectivity index (χ1v) is 11.9. The number of halogens is 2. The molecular formula is C28H24F2N4O3. The van der Waals surface area contributed by atoms with Gasteiger partial charge >= 0.3 is 6.61 Å². The zero-order chi connectivity index (χ0) is 25.8. The zero-order valence-electron chi connectivity index (χ0n) is 20.1. The Bertz CT molecular complexity index is 1470. The van der Waals surface area contributed by atoms with Gasteiger partial charge in [-0.25, -0.2) is 9.97 Å². The monoisotopic (exact) mass is 502 g/mol. The number of nitrogens with zero attached hydrogens (tertiary/aromatic N) is 4. The fourth-order valence-corrected chi connectivity index (χ4v) is 4.48. The first-order chi connectivity index (χ1) is 18.1. The molecule has 0 amide bonds. The fourth-order valence-electron chi connectivity index (χ4n) is 4.48. The molecule has 188 valence electrons. The third-order valence-electron chi connectivity index (χ3n) is 6.21. The third kappa shape index (κ3) is 5.23. The van der Waals surface area contributed by atoms with Crippen LogP contribution in [0.4, 0.5) is 8.78 Å². The van der Waals surface area contributed by atoms with Gasteiger partial charge in [0.25, 0.3) is 0 Å². The molecule has 0 saturated heterocycles. The number of hydrogen-bond acceptors (Lipinski definition) is 6. The molecular weight excluding hydrogens is 478 g/mol. The Kier molecular flexibility index (Phi) is 6.99. The van der Waals surface area contributed by atoms with Crippen molar-refractivity contribution < 1.29 is 23.0 Å². The van der Waals surface area contributed by atoms with Crippen molar-refractivity contribution in [3.63, 3.8) is 0 Å². The third-order valence-corrected chi connectivity index (χ3v) is 6.21. The minimum absolute atomic E-state index is 0.00729. The predicted molar refractivity (Wildman–Crippen MR) is 135 cm³/mol. The minimum atomic E-state index is -2.95. The molecule has 37 heavy (non-hydrogen) atoms. The first-order valence-electron chi connectivity index (χ1n) is 11.9. The Morgan fingerprint density at radius 1 is 1.11 bits per heavy atom. The lowest BCUT2D eigenvalue weighted by atomic mass is 10.1. The molecule has 4 aromatic rings. The van der Waals surface area contributed by atoms with Crippen LogP contribution in [0.1, 0.15) is 42.6 Å². The van der Waals surface area contributed by atoms with Gasteiger partial charge in [0.1, 0.15) is 23.5 Å². The van der Waals surface area contributed by atoms with Crippen molar-refractivity contribution in [3.8, 4) is 29.1 Å². The van der Waals surface area contributed by atoms with E-state index in [4.69, 9.17) is 19.7 Å². The number of pyridine rings is 1. The summed E-state index contributed by atoms with van der Waals surface area (Å²) in [5.74, 6) is 2.30. The molecule has 1 aliphatic carbocycles. The summed E-state index contributed by atoms with van der Waals surface area (Å²) in [7, 11) is 1.61. The van der Waals surface area contributed by atoms with Crippen LogP contribution in [0, 0.1) is 11.3 Å². The Labute approximate surface area is 212 Å². The van der Waals surface area contributed by atoms with Crippen LogP contribution in [-0.2, 0) is 0 Å². The number of imidazole rings is 1. The summed E-state index contributed by atoms with van der Waals surface area (Å²) in [6, 6.07) is 15.6. The summed E-state index contributed by atoms with van der Waals surface area (Å²) >= 11 is 0. The highest BCUT2D eigenvalue weighted by molar-refractivity contribution is 5.83. The number of methoxy groups -OCH3 is 1. The number of benzene rings is 2. The van der Waals surface area contributed by atoms with E-state index >= 15 is 0 Å². The molecule has 0 aliphatic heterocycles. The van der Waals surface area contributed by atoms with Gasteiger partial charge in [0.15, 0.2) is 11.5 Å². The number of ether oxygens (including phenoxy) is 3. The molecule has 1 fully saturated rings. The van der Waals surface area contributed by atoms with Crippen LogP contribution in [0.3, 0.4) is 0 Å². The van der Waals surface area contributed by atoms with Gasteiger partial charge < -0.3 is 14.2 Å². The van der Waals surface area contributed by atoms with Crippen molar-refractivity contribution in [2.24, 2.45) is 0 Å². The Morgan fingerprint density at radius 2 is 1.95 bits per heavy atom. The molecule has 2 aromatic carbocycles. The summed E-state index contributed by atoms with van der Waals surface area (Å²) in [5, 5.41) is 9.16. The zero-order valence-corrected chi connectivity index (χ0v) is 20.1. The van der Waals surface area contributed by atoms with E-state index in [9.17, 15) is 8.78 Å². The van der Waals surface area contributed by atoms with Crippen LogP contribution in [0.2, 0.25) is 0 Å². The number of rotatable bonds is 8. The van der Waals surface area contributed by atoms with Crippen molar-refractivity contribution in [3.05, 3.63) is 71.7 Å². The molecule has 0 bridgehead atoms. The van der Waals surface area contributed by atoms with Crippen LogP contribution in [0.25, 0.3) is 29.0 Å². The molecule has 0 radical (unpaired) electrons. The Balaban J connectivity index is 1.60. The largest absolute Gasteiger partial charge is 0.493 e. The fraction of sp³-hybridized carbons (Fsp3) is 0.250. The normalized spacial score (nSPS) is 13.9. The second-order valence-electron chi connectivity index (χ2n) is 8.59. The summed E-state index contributed by atoms with van der Waals surface area (Å²) in [4.78, 5) is 9.09. The average molecular weight is 503 g/mol. The highest BCUT2D eigenvalue weighted by Gasteiger charge is 2.20. The molecule has 0 spiro atoms. The van der Waals surface area contributed by atoms with E-state index in [2.05, 4.69) is 9.72 Å². The predicted octanol–water partition coefficient (Wildman–Crippen LogP) is 6.39. The number of fused-ring (bicyclic) bond motifs is 1. The van der Waals surface area contributed by atoms with Gasteiger partial charge in [-0.3, -0.25) is 4.57 Å². The van der Waals surface area contributed by atoms with E-state index in [1.807, 2.05) is 36.4 Å². The number of para-hydroxylation sites is 1. The first kappa shape index (κ1) is 24.3. The Hall–Kier alpha value is -4.45. The standard InChI is InChI=1S/C28H24F2N4O3/c1-35-24-8-4-5-19(27(24)36-20-6-2-3-7-20)10-14-26-33-22-12-11-21(37-28(29)30)15-23(22)34(26)25-13-9-18(16-31)17-32-25/h4-5,8-15,17,20,28H,2-3,6-7H2,1H3. The molecule has 1 aliphatic rings. The van der Waals surface area contributed by atoms with Crippen LogP contribution < -0.4 is 14.2 Å². The van der Waals surface area contributed by atoms with E-state index in [0.29, 0.717) is 39.7 Å². The van der Waals surface area contributed by atoms with Crippen LogP contribution in [-0.4, -0.2) is 34.4 Å². The maximum absolute atomic E-state index is 12.9. The summed E-state index contributed by atoms with van der Waals surface area (Å²) < 4.78 is 44.0. The van der Waals surface area contributed by atoms with Crippen molar-refractivity contribution >= 4 is 23.2 Å². The van der Waals surface area contributed by atoms with Gasteiger partial charge in [-0.05, 0) is 68.2 Å². The highest BCUT2D eigenvalue weighted by Crippen LogP contribution is 2.36. The van der Waals surface area contributed by atoms with Gasteiger partial charge in [0.05, 0.1) is 29.8 Å². The van der Waals surface area contributed by atoms with Crippen molar-refractivity contribution in [2.75, 3.05) is 7.11 Å². The second kappa shape index (κ2) is 10.7. The maximum Gasteiger partial charge on any atom is 0.387 e. The van der Waals surface area contributed by atoms with E-state index in [-0.39, 0.29) is 11.9 Å². The van der Waals surface area contributed by atoms with Crippen molar-refractivity contribution in [1.29, 1.82) is 5.26 Å². The molecule has 0 unspecified atom stereocenters. The van der Waals surface area contributed by atoms with E-state index < -0.39 is 6.61 Å². The van der Waals surface area contributed by atoms with Gasteiger partial charge in [0.2, 0.25) is 0 Å². The Morgan fingerprint density at radius 3 is 2.65 bits per heavy atom. The molecule has 0 N–H and O–H groups in total. The highest BCUT2D eigenvalue weighted by atomic mass is 19.3. The second-order valence-corrected chi connectivity index (χ2v) is 8.59. The average Bonchev–Trinajstić information content (AvgIpc) is 3.55. The lowest BCUT2D eigenvalue weighted by Crippen LogP contribution is -2.12. The topological polar surface area (TPSA) is 82.2 Å². The lowest BCUT2D eigenvalue weighted by Gasteiger charge is -2.18. The molecule has 7 nitrogen and oxygen atoms in total. The van der Waals surface area contributed by atoms with Crippen LogP contribution in [0.5, 0.6) is 17.2 Å². The number of nitriles is 1. The summed E-state index contributed by atoms with van der Waals surface area (Å²) in [6.45, 7) is -2.95. The molecule has 9 heteroatoms. The molecule has 0 atom stereocenters. The van der Waals surface area contributed by atoms with Gasteiger partial charge in [-0.15, -0.1) is 0 Å². The van der Waals surface area contributed by atoms with Crippen molar-refractivity contribution in [1.82, 2.24) is 14.5 Å². The lowest BCUT2D eigenvalue weighted by molar-refractivity contribution is -0.0497. The molecule has 2 aromatic heterocycles.